The van der Waals surface area contributed by atoms with Gasteiger partial charge in [-0.05, 0) is 0 Å². The van der Waals surface area contributed by atoms with E-state index < -0.39 is 0 Å². The second kappa shape index (κ2) is 1110. The van der Waals surface area contributed by atoms with Crippen LogP contribution in [0.1, 0.15) is 14.9 Å². The maximum atomic E-state index is 7.25. The molecule has 0 aromatic heterocycles. The van der Waals surface area contributed by atoms with Crippen LogP contribution in [0.4, 0.5) is 0 Å². The van der Waals surface area contributed by atoms with Crippen LogP contribution in [0.15, 0.2) is 0 Å². The molecule has 0 amide bonds. The lowest BCUT2D eigenvalue weighted by molar-refractivity contribution is -0.670. The maximum absolute atomic E-state index is 7.25. The van der Waals surface area contributed by atoms with Gasteiger partial charge in [0.1, 0.15) is 0 Å². The molecule has 0 aliphatic heterocycles. The van der Waals surface area contributed by atoms with Gasteiger partial charge in [0, 0.05) is 9.93 Å². The van der Waals surface area contributed by atoms with Crippen molar-refractivity contribution in [3.63, 3.8) is 0 Å². The fraction of sp³-hybridized carbons (Fsp3) is 1.00. The van der Waals surface area contributed by atoms with E-state index >= 15 is 0 Å². The molecular weight excluding hydrogens is 152 g/mol. The molecule has 10 heavy (non-hydrogen) atoms. The van der Waals surface area contributed by atoms with Crippen molar-refractivity contribution in [2.24, 2.45) is 0 Å². The number of hydrogen-bond acceptors (Lipinski definition) is 8. The van der Waals surface area contributed by atoms with Crippen molar-refractivity contribution < 1.29 is 32.0 Å². The summed E-state index contributed by atoms with van der Waals surface area (Å²) in [6.07, 6.45) is 0. The largest absolute Gasteiger partial charge is 0.870 e. The molecule has 0 unspecified atom stereocenters. The van der Waals surface area contributed by atoms with Gasteiger partial charge in [-0.1, -0.05) is 14.9 Å². The van der Waals surface area contributed by atoms with E-state index in [0.29, 0.717) is 0 Å². The molecule has 0 bridgehead atoms. The van der Waals surface area contributed by atoms with Crippen LogP contribution >= 0.6 is 0 Å². The standard InChI is InChI=1S/2CH4.2H2O2.O2.2H2O/c;;3*1-2;;/h2*1H4;2*1-2H;;2*1H2/p-3. The molecule has 0 saturated carbocycles. The lowest BCUT2D eigenvalue weighted by atomic mass is 12.0. The van der Waals surface area contributed by atoms with Crippen molar-refractivity contribution >= 4 is 0 Å². The summed E-state index contributed by atoms with van der Waals surface area (Å²) in [7, 11) is 0. The minimum atomic E-state index is 0. The van der Waals surface area contributed by atoms with E-state index in [1.54, 1.807) is 0 Å². The first kappa shape index (κ1) is 117. The van der Waals surface area contributed by atoms with Crippen molar-refractivity contribution in [3.8, 4) is 0 Å². The van der Waals surface area contributed by atoms with E-state index in [1.807, 2.05) is 0 Å². The average molecular weight is 165 g/mol. The molecule has 0 spiro atoms. The fourth-order valence-corrected chi connectivity index (χ4v) is 0. The Balaban J connectivity index is -0.00000000225. The van der Waals surface area contributed by atoms with Crippen LogP contribution in [0, 0.1) is 9.93 Å². The van der Waals surface area contributed by atoms with Gasteiger partial charge in [0.25, 0.3) is 0 Å². The van der Waals surface area contributed by atoms with Gasteiger partial charge in [-0.2, -0.15) is 0 Å². The topological polar surface area (TPSA) is 178 Å². The molecule has 0 aliphatic carbocycles. The van der Waals surface area contributed by atoms with Crippen LogP contribution in [-0.4, -0.2) is 26.7 Å². The first-order chi connectivity index (χ1) is 3.00. The SMILES string of the molecule is C.C.O=O.OO.[O-]O.[OH-].[OH-]. The lowest BCUT2D eigenvalue weighted by Crippen LogP contribution is -1.84. The summed E-state index contributed by atoms with van der Waals surface area (Å²) in [5.41, 5.74) is 0. The minimum absolute atomic E-state index is 0. The Morgan fingerprint density at radius 2 is 0.800 bits per heavy atom. The Bertz CT molecular complexity index is 7.22. The summed E-state index contributed by atoms with van der Waals surface area (Å²) in [4.78, 5) is 14.0. The van der Waals surface area contributed by atoms with Crippen LogP contribution in [0.2, 0.25) is 0 Å². The molecule has 5 N–H and O–H groups in total. The van der Waals surface area contributed by atoms with Gasteiger partial charge in [0.2, 0.25) is 0 Å². The molecule has 0 radical (unpaired) electrons. The van der Waals surface area contributed by atoms with E-state index in [-0.39, 0.29) is 25.8 Å². The Morgan fingerprint density at radius 3 is 0.800 bits per heavy atom. The highest BCUT2D eigenvalue weighted by Crippen LogP contribution is 0.741. The summed E-state index contributed by atoms with van der Waals surface area (Å²) < 4.78 is 0. The highest BCUT2D eigenvalue weighted by molar-refractivity contribution is 4.07. The first-order valence-corrected chi connectivity index (χ1v) is 0.549. The van der Waals surface area contributed by atoms with Crippen LogP contribution in [-0.2, 0) is 0 Å². The summed E-state index contributed by atoms with van der Waals surface area (Å²) in [5.74, 6) is 0. The Morgan fingerprint density at radius 1 is 0.800 bits per heavy atom. The lowest BCUT2D eigenvalue weighted by Gasteiger charge is -1.61. The van der Waals surface area contributed by atoms with Crippen molar-refractivity contribution in [3.05, 3.63) is 9.93 Å². The summed E-state index contributed by atoms with van der Waals surface area (Å²) in [6.45, 7) is 0. The van der Waals surface area contributed by atoms with Gasteiger partial charge in [-0.15, -0.1) is 0 Å². The first-order valence-electron chi connectivity index (χ1n) is 0.549. The Hall–Kier alpha value is -0.640. The summed E-state index contributed by atoms with van der Waals surface area (Å²) in [5, 5.41) is 25.0. The van der Waals surface area contributed by atoms with Crippen molar-refractivity contribution in [1.82, 2.24) is 0 Å². The third-order valence-electron chi connectivity index (χ3n) is 0. The maximum Gasteiger partial charge on any atom is 0 e. The quantitative estimate of drug-likeness (QED) is 0.326. The summed E-state index contributed by atoms with van der Waals surface area (Å²) >= 11 is 0. The molecular formula is C2H13O8-3. The predicted molar refractivity (Wildman–Crippen MR) is 32.0 cm³/mol. The molecule has 8 nitrogen and oxygen atoms in total. The zero-order chi connectivity index (χ0) is 6.00. The zero-order valence-corrected chi connectivity index (χ0v) is 3.46. The molecule has 0 aliphatic rings. The molecule has 0 heterocycles. The smallest absolute Gasteiger partial charge is 0 e. The van der Waals surface area contributed by atoms with Crippen molar-refractivity contribution in [2.45, 2.75) is 14.9 Å². The van der Waals surface area contributed by atoms with Crippen LogP contribution in [0.5, 0.6) is 0 Å². The van der Waals surface area contributed by atoms with Crippen LogP contribution in [0.25, 0.3) is 0 Å². The predicted octanol–water partition coefficient (Wildman–Crippen LogP) is -0.177. The highest BCUT2D eigenvalue weighted by Gasteiger charge is 0.746. The van der Waals surface area contributed by atoms with Crippen LogP contribution in [0.3, 0.4) is 0 Å². The Kier molecular flexibility index (Phi) is 13000. The zero-order valence-electron chi connectivity index (χ0n) is 3.46. The molecule has 0 aromatic rings. The van der Waals surface area contributed by atoms with E-state index in [0.717, 1.165) is 0 Å². The molecule has 0 atom stereocenters. The van der Waals surface area contributed by atoms with E-state index in [1.165, 1.54) is 0 Å². The van der Waals surface area contributed by atoms with Gasteiger partial charge in [-0.25, -0.2) is 0 Å². The van der Waals surface area contributed by atoms with Crippen molar-refractivity contribution in [2.75, 3.05) is 0 Å². The van der Waals surface area contributed by atoms with E-state index in [2.05, 4.69) is 0 Å². The molecule has 8 heteroatoms. The average Bonchev–Trinajstić information content (AvgIpc) is 1.81. The molecule has 0 saturated heterocycles. The number of rotatable bonds is 0. The minimum Gasteiger partial charge on any atom is -0.870 e. The highest BCUT2D eigenvalue weighted by atomic mass is 17.0. The molecule has 0 rings (SSSR count). The molecule has 72 valence electrons. The number of hydrogen-bond donors (Lipinski definition) is 3. The van der Waals surface area contributed by atoms with Gasteiger partial charge < -0.3 is 21.5 Å². The second-order valence-corrected chi connectivity index (χ2v) is 0. The monoisotopic (exact) mass is 165 g/mol. The molecule has 0 fully saturated rings. The van der Waals surface area contributed by atoms with Gasteiger partial charge in [0.15, 0.2) is 0 Å². The summed E-state index contributed by atoms with van der Waals surface area (Å²) in [6, 6.07) is 0. The Labute approximate surface area is 58.1 Å². The van der Waals surface area contributed by atoms with Gasteiger partial charge in [-0.3, -0.25) is 10.5 Å². The van der Waals surface area contributed by atoms with Crippen LogP contribution < -0.4 is 5.26 Å². The van der Waals surface area contributed by atoms with E-state index in [4.69, 9.17) is 31.0 Å². The van der Waals surface area contributed by atoms with Gasteiger partial charge >= 0.3 is 0 Å². The second-order valence-electron chi connectivity index (χ2n) is 0. The third-order valence-corrected chi connectivity index (χ3v) is 0. The molecule has 0 aromatic carbocycles. The third kappa shape index (κ3) is 727. The van der Waals surface area contributed by atoms with Gasteiger partial charge in [0.05, 0.1) is 0 Å². The normalized spacial score (nSPS) is 1.60. The van der Waals surface area contributed by atoms with E-state index in [9.17, 15) is 0 Å². The fourth-order valence-electron chi connectivity index (χ4n) is 0. The van der Waals surface area contributed by atoms with Crippen molar-refractivity contribution in [1.29, 1.82) is 0 Å².